The van der Waals surface area contributed by atoms with Crippen LogP contribution in [-0.2, 0) is 0 Å². The van der Waals surface area contributed by atoms with Gasteiger partial charge in [-0.2, -0.15) is 0 Å². The monoisotopic (exact) mass is 200 g/mol. The number of likely N-dealkylation sites (N-methyl/N-ethyl adjacent to an activating group) is 1. The molecule has 0 spiro atoms. The molecule has 2 heteroatoms. The molecule has 0 saturated heterocycles. The van der Waals surface area contributed by atoms with Crippen molar-refractivity contribution >= 4 is 11.6 Å². The molecule has 0 bridgehead atoms. The van der Waals surface area contributed by atoms with E-state index in [4.69, 9.17) is 0 Å². The van der Waals surface area contributed by atoms with Crippen LogP contribution in [0.5, 0.6) is 0 Å². The first-order valence-corrected chi connectivity index (χ1v) is 5.20. The lowest BCUT2D eigenvalue weighted by atomic mass is 10.1. The highest BCUT2D eigenvalue weighted by Crippen LogP contribution is 2.27. The summed E-state index contributed by atoms with van der Waals surface area (Å²) in [6, 6.07) is 4.50. The molecule has 1 aromatic heterocycles. The van der Waals surface area contributed by atoms with Gasteiger partial charge in [0.25, 0.3) is 0 Å². The van der Waals surface area contributed by atoms with E-state index in [1.54, 1.807) is 0 Å². The van der Waals surface area contributed by atoms with Gasteiger partial charge in [-0.15, -0.1) is 0 Å². The lowest BCUT2D eigenvalue weighted by Crippen LogP contribution is -2.22. The maximum Gasteiger partial charge on any atom is 0.0771 e. The fourth-order valence-electron chi connectivity index (χ4n) is 1.60. The summed E-state index contributed by atoms with van der Waals surface area (Å²) in [4.78, 5) is 6.59. The zero-order chi connectivity index (χ0) is 10.8. The van der Waals surface area contributed by atoms with E-state index < -0.39 is 0 Å². The number of pyridine rings is 1. The lowest BCUT2D eigenvalue weighted by Gasteiger charge is -2.16. The van der Waals surface area contributed by atoms with Gasteiger partial charge in [0.1, 0.15) is 0 Å². The minimum atomic E-state index is 0.428. The first-order chi connectivity index (χ1) is 7.18. The van der Waals surface area contributed by atoms with Crippen molar-refractivity contribution in [2.45, 2.75) is 13.0 Å². The number of rotatable bonds is 2. The predicted molar refractivity (Wildman–Crippen MR) is 64.4 cm³/mol. The van der Waals surface area contributed by atoms with Crippen molar-refractivity contribution in [3.05, 3.63) is 41.7 Å². The number of allylic oxidation sites excluding steroid dienone is 2. The summed E-state index contributed by atoms with van der Waals surface area (Å²) in [6.45, 7) is 2.18. The molecular weight excluding hydrogens is 184 g/mol. The normalized spacial score (nSPS) is 18.5. The van der Waals surface area contributed by atoms with E-state index in [9.17, 15) is 0 Å². The number of aromatic nitrogens is 1. The van der Waals surface area contributed by atoms with Crippen molar-refractivity contribution in [1.29, 1.82) is 0 Å². The number of fused-ring (bicyclic) bond motifs is 1. The molecule has 0 aromatic carbocycles. The second-order valence-electron chi connectivity index (χ2n) is 4.10. The van der Waals surface area contributed by atoms with Gasteiger partial charge in [0.2, 0.25) is 0 Å². The van der Waals surface area contributed by atoms with Crippen molar-refractivity contribution in [1.82, 2.24) is 9.88 Å². The Kier molecular flexibility index (Phi) is 2.69. The van der Waals surface area contributed by atoms with E-state index in [1.165, 1.54) is 11.1 Å². The Balaban J connectivity index is 2.32. The largest absolute Gasteiger partial charge is 0.303 e. The van der Waals surface area contributed by atoms with Crippen LogP contribution in [-0.4, -0.2) is 30.0 Å². The molecule has 78 valence electrons. The van der Waals surface area contributed by atoms with Crippen molar-refractivity contribution in [3.63, 3.8) is 0 Å². The Morgan fingerprint density at radius 2 is 2.13 bits per heavy atom. The molecule has 1 unspecified atom stereocenters. The van der Waals surface area contributed by atoms with E-state index >= 15 is 0 Å². The Morgan fingerprint density at radius 3 is 2.87 bits per heavy atom. The first kappa shape index (κ1) is 10.1. The maximum atomic E-state index is 4.40. The molecule has 0 fully saturated rings. The highest BCUT2D eigenvalue weighted by molar-refractivity contribution is 5.88. The van der Waals surface area contributed by atoms with Crippen LogP contribution in [0.25, 0.3) is 11.6 Å². The zero-order valence-electron chi connectivity index (χ0n) is 9.44. The fourth-order valence-corrected chi connectivity index (χ4v) is 1.60. The van der Waals surface area contributed by atoms with Gasteiger partial charge in [0.15, 0.2) is 0 Å². The zero-order valence-corrected chi connectivity index (χ0v) is 9.44. The van der Waals surface area contributed by atoms with Crippen LogP contribution < -0.4 is 0 Å². The molecule has 0 N–H and O–H groups in total. The molecule has 1 aliphatic carbocycles. The average molecular weight is 200 g/mol. The van der Waals surface area contributed by atoms with E-state index in [-0.39, 0.29) is 0 Å². The van der Waals surface area contributed by atoms with Crippen molar-refractivity contribution < 1.29 is 0 Å². The van der Waals surface area contributed by atoms with Gasteiger partial charge in [0.05, 0.1) is 5.69 Å². The molecule has 2 rings (SSSR count). The second kappa shape index (κ2) is 3.99. The Morgan fingerprint density at radius 1 is 1.33 bits per heavy atom. The SMILES string of the molecule is CC(/C=C1\C=Cc2cccnc21)N(C)C. The first-order valence-electron chi connectivity index (χ1n) is 5.20. The Bertz CT molecular complexity index is 416. The Hall–Kier alpha value is -1.41. The van der Waals surface area contributed by atoms with E-state index in [0.717, 1.165) is 5.69 Å². The van der Waals surface area contributed by atoms with Crippen molar-refractivity contribution in [2.75, 3.05) is 14.1 Å². The third-order valence-corrected chi connectivity index (χ3v) is 2.79. The number of hydrogen-bond donors (Lipinski definition) is 0. The molecule has 0 saturated carbocycles. The van der Waals surface area contributed by atoms with Crippen LogP contribution in [0.1, 0.15) is 18.2 Å². The highest BCUT2D eigenvalue weighted by Gasteiger charge is 2.12. The number of nitrogens with zero attached hydrogens (tertiary/aromatic N) is 2. The molecule has 0 radical (unpaired) electrons. The van der Waals surface area contributed by atoms with Crippen LogP contribution >= 0.6 is 0 Å². The molecule has 1 aromatic rings. The fraction of sp³-hybridized carbons (Fsp3) is 0.308. The molecule has 0 amide bonds. The lowest BCUT2D eigenvalue weighted by molar-refractivity contribution is 0.364. The van der Waals surface area contributed by atoms with Gasteiger partial charge >= 0.3 is 0 Å². The Labute approximate surface area is 90.9 Å². The minimum absolute atomic E-state index is 0.428. The summed E-state index contributed by atoms with van der Waals surface area (Å²) in [5, 5.41) is 0. The minimum Gasteiger partial charge on any atom is -0.303 e. The summed E-state index contributed by atoms with van der Waals surface area (Å²) < 4.78 is 0. The van der Waals surface area contributed by atoms with Crippen LogP contribution in [0.2, 0.25) is 0 Å². The van der Waals surface area contributed by atoms with Gasteiger partial charge in [-0.05, 0) is 32.7 Å². The summed E-state index contributed by atoms with van der Waals surface area (Å²) in [5.41, 5.74) is 3.55. The standard InChI is InChI=1S/C13H16N2/c1-10(15(2)3)9-12-7-6-11-5-4-8-14-13(11)12/h4-10H,1-3H3/b12-9+. The van der Waals surface area contributed by atoms with Crippen molar-refractivity contribution in [2.24, 2.45) is 0 Å². The molecular formula is C13H16N2. The summed E-state index contributed by atoms with van der Waals surface area (Å²) in [7, 11) is 4.17. The van der Waals surface area contributed by atoms with Gasteiger partial charge in [-0.25, -0.2) is 0 Å². The second-order valence-corrected chi connectivity index (χ2v) is 4.10. The predicted octanol–water partition coefficient (Wildman–Crippen LogP) is 2.44. The van der Waals surface area contributed by atoms with Gasteiger partial charge in [0, 0.05) is 17.8 Å². The number of hydrogen-bond acceptors (Lipinski definition) is 2. The molecule has 15 heavy (non-hydrogen) atoms. The van der Waals surface area contributed by atoms with Crippen molar-refractivity contribution in [3.8, 4) is 0 Å². The quantitative estimate of drug-likeness (QED) is 0.729. The van der Waals surface area contributed by atoms with Gasteiger partial charge in [-0.1, -0.05) is 24.3 Å². The molecule has 1 atom stereocenters. The van der Waals surface area contributed by atoms with Crippen LogP contribution in [0, 0.1) is 0 Å². The maximum absolute atomic E-state index is 4.40. The van der Waals surface area contributed by atoms with Crippen LogP contribution in [0.3, 0.4) is 0 Å². The summed E-state index contributed by atoms with van der Waals surface area (Å²) in [5.74, 6) is 0. The third-order valence-electron chi connectivity index (χ3n) is 2.79. The molecule has 1 heterocycles. The average Bonchev–Trinajstić information content (AvgIpc) is 2.62. The highest BCUT2D eigenvalue weighted by atomic mass is 15.1. The van der Waals surface area contributed by atoms with Gasteiger partial charge < -0.3 is 4.90 Å². The topological polar surface area (TPSA) is 16.1 Å². The van der Waals surface area contributed by atoms with E-state index in [0.29, 0.717) is 6.04 Å². The van der Waals surface area contributed by atoms with Crippen LogP contribution in [0.4, 0.5) is 0 Å². The van der Waals surface area contributed by atoms with E-state index in [1.807, 2.05) is 12.3 Å². The smallest absolute Gasteiger partial charge is 0.0771 e. The summed E-state index contributed by atoms with van der Waals surface area (Å²) >= 11 is 0. The molecule has 1 aliphatic rings. The van der Waals surface area contributed by atoms with Crippen LogP contribution in [0.15, 0.2) is 30.5 Å². The molecule has 0 aliphatic heterocycles. The van der Waals surface area contributed by atoms with E-state index in [2.05, 4.69) is 55.2 Å². The summed E-state index contributed by atoms with van der Waals surface area (Å²) in [6.07, 6.45) is 8.35. The molecule has 2 nitrogen and oxygen atoms in total. The van der Waals surface area contributed by atoms with Gasteiger partial charge in [-0.3, -0.25) is 4.98 Å². The third kappa shape index (κ3) is 2.00.